The van der Waals surface area contributed by atoms with E-state index in [9.17, 15) is 9.36 Å². The van der Waals surface area contributed by atoms with Gasteiger partial charge in [-0.3, -0.25) is 9.36 Å². The van der Waals surface area contributed by atoms with Gasteiger partial charge < -0.3 is 14.4 Å². The molecule has 1 amide bonds. The Morgan fingerprint density at radius 3 is 2.37 bits per heavy atom. The predicted molar refractivity (Wildman–Crippen MR) is 77.5 cm³/mol. The van der Waals surface area contributed by atoms with E-state index in [1.54, 1.807) is 17.5 Å². The zero-order valence-corrected chi connectivity index (χ0v) is 13.9. The smallest absolute Gasteiger partial charge is 0.334 e. The fraction of sp³-hybridized carbons (Fsp3) is 0.444. The number of alkyl halides is 3. The second kappa shape index (κ2) is 6.76. The maximum Gasteiger partial charge on any atom is 0.356 e. The Kier molecular flexibility index (Phi) is 6.14. The summed E-state index contributed by atoms with van der Waals surface area (Å²) in [4.78, 5) is 12.3. The molecule has 1 heterocycles. The predicted octanol–water partition coefficient (Wildman–Crippen LogP) is 3.66. The maximum atomic E-state index is 12.3. The monoisotopic (exact) mass is 365 g/mol. The Balaban J connectivity index is 3.01. The summed E-state index contributed by atoms with van der Waals surface area (Å²) in [5.74, 6) is -1.95. The van der Waals surface area contributed by atoms with E-state index >= 15 is 0 Å². The molecule has 19 heavy (non-hydrogen) atoms. The molecule has 0 unspecified atom stereocenters. The minimum absolute atomic E-state index is 0.387. The van der Waals surface area contributed by atoms with Gasteiger partial charge in [-0.15, -0.1) is 11.3 Å². The zero-order valence-electron chi connectivity index (χ0n) is 9.93. The SMILES string of the molecule is COP(=O)(OC)[C@@H](NC(=O)c1cccs1)C(Cl)(Cl)Cl. The van der Waals surface area contributed by atoms with Crippen LogP contribution in [0.4, 0.5) is 0 Å². The molecule has 0 aromatic carbocycles. The van der Waals surface area contributed by atoms with Gasteiger partial charge in [-0.1, -0.05) is 40.9 Å². The quantitative estimate of drug-likeness (QED) is 0.638. The number of thiophene rings is 1. The fourth-order valence-corrected chi connectivity index (χ4v) is 4.30. The number of rotatable bonds is 5. The van der Waals surface area contributed by atoms with Gasteiger partial charge in [0.25, 0.3) is 5.91 Å². The molecule has 0 aliphatic rings. The zero-order chi connectivity index (χ0) is 14.7. The van der Waals surface area contributed by atoms with E-state index in [0.29, 0.717) is 4.88 Å². The lowest BCUT2D eigenvalue weighted by molar-refractivity contribution is 0.0945. The van der Waals surface area contributed by atoms with E-state index in [-0.39, 0.29) is 0 Å². The summed E-state index contributed by atoms with van der Waals surface area (Å²) in [6.07, 6.45) is 0. The van der Waals surface area contributed by atoms with E-state index in [1.807, 2.05) is 0 Å². The standard InChI is InChI=1S/C9H11Cl3NO4PS/c1-16-18(15,17-2)8(9(10,11)12)13-7(14)6-4-3-5-19-6/h3-5,8H,1-2H3,(H,13,14)/t8-/m1/s1. The van der Waals surface area contributed by atoms with Gasteiger partial charge in [-0.25, -0.2) is 0 Å². The van der Waals surface area contributed by atoms with Gasteiger partial charge >= 0.3 is 7.60 Å². The number of carbonyl (C=O) groups is 1. The maximum absolute atomic E-state index is 12.3. The van der Waals surface area contributed by atoms with Crippen molar-refractivity contribution in [2.45, 2.75) is 9.58 Å². The fourth-order valence-electron chi connectivity index (χ4n) is 1.23. The molecule has 1 aromatic heterocycles. The first-order chi connectivity index (χ1) is 8.74. The number of hydrogen-bond acceptors (Lipinski definition) is 5. The first kappa shape index (κ1) is 17.2. The molecule has 0 spiro atoms. The Hall–Kier alpha value is 0.190. The molecule has 0 saturated heterocycles. The summed E-state index contributed by atoms with van der Waals surface area (Å²) in [5, 5.41) is 4.08. The van der Waals surface area contributed by atoms with Gasteiger partial charge in [0.05, 0.1) is 4.88 Å². The van der Waals surface area contributed by atoms with Crippen LogP contribution in [0.5, 0.6) is 0 Å². The molecular weight excluding hydrogens is 356 g/mol. The van der Waals surface area contributed by atoms with Crippen LogP contribution in [-0.2, 0) is 13.6 Å². The van der Waals surface area contributed by atoms with E-state index in [0.717, 1.165) is 14.2 Å². The molecule has 1 N–H and O–H groups in total. The second-order valence-corrected chi connectivity index (χ2v) is 8.94. The average molecular weight is 367 g/mol. The van der Waals surface area contributed by atoms with Crippen molar-refractivity contribution in [1.82, 2.24) is 5.32 Å². The van der Waals surface area contributed by atoms with Crippen molar-refractivity contribution in [2.24, 2.45) is 0 Å². The molecule has 10 heteroatoms. The number of halogens is 3. The van der Waals surface area contributed by atoms with E-state index in [1.165, 1.54) is 11.3 Å². The Bertz CT molecular complexity index is 468. The summed E-state index contributed by atoms with van der Waals surface area (Å²) >= 11 is 18.4. The lowest BCUT2D eigenvalue weighted by Crippen LogP contribution is -2.43. The molecule has 0 aliphatic carbocycles. The molecule has 0 radical (unpaired) electrons. The minimum Gasteiger partial charge on any atom is -0.334 e. The van der Waals surface area contributed by atoms with Gasteiger partial charge in [0.15, 0.2) is 5.78 Å². The van der Waals surface area contributed by atoms with Gasteiger partial charge in [0, 0.05) is 14.2 Å². The molecular formula is C9H11Cl3NO4PS. The van der Waals surface area contributed by atoms with Gasteiger partial charge in [-0.2, -0.15) is 0 Å². The van der Waals surface area contributed by atoms with Crippen LogP contribution >= 0.6 is 53.7 Å². The summed E-state index contributed by atoms with van der Waals surface area (Å²) in [6.45, 7) is 0. The summed E-state index contributed by atoms with van der Waals surface area (Å²) in [7, 11) is -1.50. The Morgan fingerprint density at radius 2 is 2.00 bits per heavy atom. The molecule has 0 saturated carbocycles. The molecule has 0 bridgehead atoms. The first-order valence-corrected chi connectivity index (χ1v) is 8.49. The lowest BCUT2D eigenvalue weighted by Gasteiger charge is -2.29. The highest BCUT2D eigenvalue weighted by atomic mass is 35.6. The van der Waals surface area contributed by atoms with Crippen molar-refractivity contribution in [2.75, 3.05) is 14.2 Å². The van der Waals surface area contributed by atoms with Gasteiger partial charge in [0.1, 0.15) is 0 Å². The highest BCUT2D eigenvalue weighted by Gasteiger charge is 2.49. The lowest BCUT2D eigenvalue weighted by atomic mass is 10.4. The third-order valence-corrected chi connectivity index (χ3v) is 6.29. The van der Waals surface area contributed by atoms with E-state index < -0.39 is 23.1 Å². The van der Waals surface area contributed by atoms with Crippen LogP contribution < -0.4 is 5.32 Å². The average Bonchev–Trinajstić information content (AvgIpc) is 2.87. The first-order valence-electron chi connectivity index (χ1n) is 4.87. The summed E-state index contributed by atoms with van der Waals surface area (Å²) in [6, 6.07) is 3.27. The van der Waals surface area contributed by atoms with Crippen LogP contribution in [-0.4, -0.2) is 29.7 Å². The van der Waals surface area contributed by atoms with Crippen LogP contribution in [0, 0.1) is 0 Å². The van der Waals surface area contributed by atoms with Gasteiger partial charge in [-0.05, 0) is 11.4 Å². The van der Waals surface area contributed by atoms with E-state index in [4.69, 9.17) is 43.9 Å². The second-order valence-electron chi connectivity index (χ2n) is 3.30. The Labute approximate surface area is 129 Å². The molecule has 1 atom stereocenters. The minimum atomic E-state index is -3.79. The molecule has 1 rings (SSSR count). The third-order valence-electron chi connectivity index (χ3n) is 2.15. The van der Waals surface area contributed by atoms with Crippen molar-refractivity contribution in [3.8, 4) is 0 Å². The highest BCUT2D eigenvalue weighted by molar-refractivity contribution is 7.55. The molecule has 108 valence electrons. The van der Waals surface area contributed by atoms with Crippen LogP contribution in [0.2, 0.25) is 0 Å². The summed E-state index contributed by atoms with van der Waals surface area (Å²) in [5.41, 5.74) is 0. The molecule has 0 aliphatic heterocycles. The largest absolute Gasteiger partial charge is 0.356 e. The van der Waals surface area contributed by atoms with E-state index in [2.05, 4.69) is 5.32 Å². The van der Waals surface area contributed by atoms with Crippen LogP contribution in [0.25, 0.3) is 0 Å². The van der Waals surface area contributed by atoms with Crippen LogP contribution in [0.3, 0.4) is 0 Å². The molecule has 1 aromatic rings. The number of amides is 1. The molecule has 0 fully saturated rings. The highest BCUT2D eigenvalue weighted by Crippen LogP contribution is 2.57. The number of nitrogens with one attached hydrogen (secondary N) is 1. The van der Waals surface area contributed by atoms with Crippen molar-refractivity contribution < 1.29 is 18.4 Å². The topological polar surface area (TPSA) is 64.6 Å². The van der Waals surface area contributed by atoms with Gasteiger partial charge in [0.2, 0.25) is 3.79 Å². The Morgan fingerprint density at radius 1 is 1.42 bits per heavy atom. The third kappa shape index (κ3) is 4.33. The number of hydrogen-bond donors (Lipinski definition) is 1. The van der Waals surface area contributed by atoms with Crippen molar-refractivity contribution in [1.29, 1.82) is 0 Å². The van der Waals surface area contributed by atoms with Crippen molar-refractivity contribution in [3.05, 3.63) is 22.4 Å². The van der Waals surface area contributed by atoms with Crippen LogP contribution in [0.15, 0.2) is 17.5 Å². The van der Waals surface area contributed by atoms with Crippen LogP contribution in [0.1, 0.15) is 9.67 Å². The number of carbonyl (C=O) groups excluding carboxylic acids is 1. The molecule has 5 nitrogen and oxygen atoms in total. The van der Waals surface area contributed by atoms with Crippen molar-refractivity contribution >= 4 is 59.6 Å². The summed E-state index contributed by atoms with van der Waals surface area (Å²) < 4.78 is 19.8. The van der Waals surface area contributed by atoms with Crippen molar-refractivity contribution in [3.63, 3.8) is 0 Å². The normalized spacial score (nSPS) is 14.2.